The molecule has 0 spiro atoms. The number of ether oxygens (including phenoxy) is 2. The Hall–Kier alpha value is -3.72. The van der Waals surface area contributed by atoms with Crippen LogP contribution in [0.15, 0.2) is 29.6 Å². The van der Waals surface area contributed by atoms with Crippen LogP contribution in [0.4, 0.5) is 0 Å². The maximum atomic E-state index is 13.9. The van der Waals surface area contributed by atoms with Crippen molar-refractivity contribution >= 4 is 40.9 Å². The fourth-order valence-electron chi connectivity index (χ4n) is 7.07. The van der Waals surface area contributed by atoms with Crippen molar-refractivity contribution in [2.45, 2.75) is 137 Å². The van der Waals surface area contributed by atoms with Gasteiger partial charge in [0.25, 0.3) is 5.91 Å². The number of unbranched alkanes of at least 4 members (excludes halogenated alkanes) is 1. The van der Waals surface area contributed by atoms with E-state index in [0.717, 1.165) is 57.2 Å². The maximum Gasteiger partial charge on any atom is 0.328 e. The summed E-state index contributed by atoms with van der Waals surface area (Å²) in [5.41, 5.74) is 1.05. The van der Waals surface area contributed by atoms with Gasteiger partial charge in [0.15, 0.2) is 5.78 Å². The lowest BCUT2D eigenvalue weighted by molar-refractivity contribution is -0.141. The zero-order valence-corrected chi connectivity index (χ0v) is 36.8. The molecular formula is C44H69N5O8S. The molecule has 2 aromatic rings. The van der Waals surface area contributed by atoms with Gasteiger partial charge in [-0.05, 0) is 101 Å². The molecule has 1 aromatic carbocycles. The van der Waals surface area contributed by atoms with Gasteiger partial charge in [0.1, 0.15) is 28.6 Å². The number of hydrogen-bond acceptors (Lipinski definition) is 11. The van der Waals surface area contributed by atoms with Crippen LogP contribution in [0.1, 0.15) is 133 Å². The van der Waals surface area contributed by atoms with Gasteiger partial charge in [-0.3, -0.25) is 24.1 Å². The van der Waals surface area contributed by atoms with Crippen LogP contribution in [-0.2, 0) is 30.3 Å². The fourth-order valence-corrected chi connectivity index (χ4v) is 7.93. The topological polar surface area (TPSA) is 176 Å². The second kappa shape index (κ2) is 25.0. The van der Waals surface area contributed by atoms with E-state index in [-0.39, 0.29) is 66.5 Å². The first-order valence-electron chi connectivity index (χ1n) is 21.3. The van der Waals surface area contributed by atoms with E-state index in [1.165, 1.54) is 11.3 Å². The Morgan fingerprint density at radius 1 is 1.02 bits per heavy atom. The van der Waals surface area contributed by atoms with E-state index in [1.807, 2.05) is 44.9 Å². The molecule has 3 rings (SSSR count). The Morgan fingerprint density at radius 3 is 2.34 bits per heavy atom. The number of aromatic nitrogens is 1. The number of ketones is 1. The van der Waals surface area contributed by atoms with E-state index in [1.54, 1.807) is 24.4 Å². The lowest BCUT2D eigenvalue weighted by Crippen LogP contribution is -2.48. The summed E-state index contributed by atoms with van der Waals surface area (Å²) in [6.07, 6.45) is 6.13. The molecule has 1 aromatic heterocycles. The third kappa shape index (κ3) is 16.1. The molecule has 4 N–H and O–H groups in total. The predicted octanol–water partition coefficient (Wildman–Crippen LogP) is 6.60. The zero-order chi connectivity index (χ0) is 42.8. The van der Waals surface area contributed by atoms with Gasteiger partial charge < -0.3 is 30.5 Å². The minimum atomic E-state index is -0.958. The highest BCUT2D eigenvalue weighted by Gasteiger charge is 2.32. The molecular weight excluding hydrogens is 759 g/mol. The minimum Gasteiger partial charge on any atom is -0.481 e. The number of carbonyl (C=O) groups is 5. The molecule has 2 heterocycles. The number of carboxylic acid groups (broad SMARTS) is 1. The van der Waals surface area contributed by atoms with Gasteiger partial charge in [-0.25, -0.2) is 9.78 Å². The highest BCUT2D eigenvalue weighted by Crippen LogP contribution is 2.34. The fraction of sp³-hybridized carbons (Fsp3) is 0.682. The van der Waals surface area contributed by atoms with Crippen LogP contribution in [0.3, 0.4) is 0 Å². The third-order valence-electron chi connectivity index (χ3n) is 11.0. The summed E-state index contributed by atoms with van der Waals surface area (Å²) < 4.78 is 11.9. The van der Waals surface area contributed by atoms with Crippen LogP contribution in [0.5, 0.6) is 5.75 Å². The Balaban J connectivity index is 1.73. The predicted molar refractivity (Wildman–Crippen MR) is 227 cm³/mol. The molecule has 0 bridgehead atoms. The molecule has 2 amide bonds. The zero-order valence-electron chi connectivity index (χ0n) is 36.0. The Morgan fingerprint density at radius 2 is 1.74 bits per heavy atom. The summed E-state index contributed by atoms with van der Waals surface area (Å²) in [6, 6.07) is 5.63. The number of likely N-dealkylation sites (N-methyl/N-ethyl adjacent to an activating group) is 1. The molecule has 0 unspecified atom stereocenters. The number of carbonyl (C=O) groups excluding carboxylic acids is 4. The van der Waals surface area contributed by atoms with E-state index in [2.05, 4.69) is 36.7 Å². The highest BCUT2D eigenvalue weighted by molar-refractivity contribution is 7.09. The largest absolute Gasteiger partial charge is 0.481 e. The number of benzene rings is 1. The number of thiazole rings is 1. The summed E-state index contributed by atoms with van der Waals surface area (Å²) >= 11 is 1.33. The average Bonchev–Trinajstić information content (AvgIpc) is 3.91. The van der Waals surface area contributed by atoms with E-state index >= 15 is 0 Å². The van der Waals surface area contributed by atoms with Crippen molar-refractivity contribution in [3.8, 4) is 5.75 Å². The van der Waals surface area contributed by atoms with Gasteiger partial charge >= 0.3 is 11.9 Å². The van der Waals surface area contributed by atoms with Crippen molar-refractivity contribution in [1.29, 1.82) is 0 Å². The van der Waals surface area contributed by atoms with Crippen molar-refractivity contribution < 1.29 is 38.6 Å². The second-order valence-corrected chi connectivity index (χ2v) is 17.3. The molecule has 0 radical (unpaired) electrons. The second-order valence-electron chi connectivity index (χ2n) is 16.4. The first-order chi connectivity index (χ1) is 27.6. The quantitative estimate of drug-likeness (QED) is 0.0564. The molecule has 1 saturated heterocycles. The van der Waals surface area contributed by atoms with Gasteiger partial charge in [-0.15, -0.1) is 11.3 Å². The smallest absolute Gasteiger partial charge is 0.328 e. The number of nitrogens with zero attached hydrogens (tertiary/aromatic N) is 2. The number of rotatable bonds is 27. The molecule has 1 aliphatic heterocycles. The van der Waals surface area contributed by atoms with Crippen molar-refractivity contribution in [2.24, 2.45) is 23.7 Å². The van der Waals surface area contributed by atoms with Gasteiger partial charge in [0.2, 0.25) is 5.91 Å². The molecule has 14 heteroatoms. The molecule has 0 aliphatic carbocycles. The van der Waals surface area contributed by atoms with Gasteiger partial charge in [-0.1, -0.05) is 73.4 Å². The van der Waals surface area contributed by atoms with E-state index in [9.17, 15) is 29.1 Å². The number of nitrogens with one attached hydrogen (secondary N) is 3. The molecule has 13 nitrogen and oxygen atoms in total. The number of esters is 1. The summed E-state index contributed by atoms with van der Waals surface area (Å²) in [7, 11) is 1.92. The van der Waals surface area contributed by atoms with Crippen molar-refractivity contribution in [1.82, 2.24) is 25.8 Å². The average molecular weight is 828 g/mol. The van der Waals surface area contributed by atoms with Crippen LogP contribution in [0, 0.1) is 23.7 Å². The lowest BCUT2D eigenvalue weighted by atomic mass is 9.82. The molecule has 0 saturated carbocycles. The molecule has 324 valence electrons. The lowest BCUT2D eigenvalue weighted by Gasteiger charge is -2.29. The van der Waals surface area contributed by atoms with Crippen molar-refractivity contribution in [2.75, 3.05) is 33.3 Å². The van der Waals surface area contributed by atoms with Crippen molar-refractivity contribution in [3.63, 3.8) is 0 Å². The maximum absolute atomic E-state index is 13.9. The number of carboxylic acids is 1. The standard InChI is InChI=1S/C44H69N5O8S/c1-9-12-20-49(8)26-39(51)48-40(29(6)11-3)37(50)24-32(28(4)5)25-38(56-21-10-2)42-47-36(27-58-42)41(52)46-33(22-30(7)43(53)54)23-31-15-17-34(18-16-31)57-44(55)35-14-13-19-45-35/h15-18,27-30,32-33,35,38,40,45H,9-14,19-26H2,1-8H3,(H,46,52)(H,48,51)(H,53,54)/t29-,30-,32+,33+,35+,38+,40-/m0/s1. The number of Topliss-reactive ketones (excluding diaryl/α,β-unsaturated/α-hetero) is 1. The normalized spacial score (nSPS) is 17.3. The van der Waals surface area contributed by atoms with Crippen LogP contribution >= 0.6 is 11.3 Å². The van der Waals surface area contributed by atoms with E-state index < -0.39 is 36.0 Å². The number of hydrogen-bond donors (Lipinski definition) is 4. The first-order valence-corrected chi connectivity index (χ1v) is 22.2. The highest BCUT2D eigenvalue weighted by atomic mass is 32.1. The van der Waals surface area contributed by atoms with Crippen LogP contribution in [0.25, 0.3) is 0 Å². The summed E-state index contributed by atoms with van der Waals surface area (Å²) in [5, 5.41) is 21.2. The summed E-state index contributed by atoms with van der Waals surface area (Å²) in [5.74, 6) is -2.09. The summed E-state index contributed by atoms with van der Waals surface area (Å²) in [6.45, 7) is 16.3. The Labute approximate surface area is 349 Å². The SMILES string of the molecule is CCCCN(C)CC(=O)N[C@H](C(=O)C[C@H](C[C@@H](OCCC)c1nc(C(=O)N[C@@H](Cc2ccc(OC(=O)[C@H]3CCCN3)cc2)C[C@H](C)C(=O)O)cs1)C(C)C)[C@@H](C)CC. The van der Waals surface area contributed by atoms with Crippen LogP contribution in [0.2, 0.25) is 0 Å². The van der Waals surface area contributed by atoms with Crippen molar-refractivity contribution in [3.05, 3.63) is 45.9 Å². The molecule has 58 heavy (non-hydrogen) atoms. The van der Waals surface area contributed by atoms with Gasteiger partial charge in [-0.2, -0.15) is 0 Å². The van der Waals surface area contributed by atoms with Crippen LogP contribution in [-0.4, -0.2) is 95.9 Å². The molecule has 1 aliphatic rings. The summed E-state index contributed by atoms with van der Waals surface area (Å²) in [4.78, 5) is 71.7. The monoisotopic (exact) mass is 827 g/mol. The van der Waals surface area contributed by atoms with E-state index in [4.69, 9.17) is 14.5 Å². The third-order valence-corrected chi connectivity index (χ3v) is 12.0. The van der Waals surface area contributed by atoms with Crippen LogP contribution < -0.4 is 20.7 Å². The number of aliphatic carboxylic acids is 1. The Bertz CT molecular complexity index is 1590. The number of amides is 2. The Kier molecular flexibility index (Phi) is 21.0. The molecule has 7 atom stereocenters. The van der Waals surface area contributed by atoms with Gasteiger partial charge in [0.05, 0.1) is 18.5 Å². The molecule has 1 fully saturated rings. The first kappa shape index (κ1) is 48.6. The van der Waals surface area contributed by atoms with E-state index in [0.29, 0.717) is 30.2 Å². The van der Waals surface area contributed by atoms with Gasteiger partial charge in [0, 0.05) is 24.4 Å². The minimum absolute atomic E-state index is 0.00437.